The number of nitrogens with one attached hydrogen (secondary N) is 1. The fourth-order valence-electron chi connectivity index (χ4n) is 3.44. The van der Waals surface area contributed by atoms with Gasteiger partial charge in [-0.2, -0.15) is 13.2 Å². The second kappa shape index (κ2) is 15.0. The molecule has 1 aliphatic heterocycles. The van der Waals surface area contributed by atoms with Crippen LogP contribution in [-0.4, -0.2) is 24.3 Å². The van der Waals surface area contributed by atoms with E-state index in [9.17, 15) is 22.0 Å². The fraction of sp³-hybridized carbons (Fsp3) is 0.370. The van der Waals surface area contributed by atoms with Crippen molar-refractivity contribution in [3.63, 3.8) is 0 Å². The minimum absolute atomic E-state index is 0.00475. The molecule has 0 saturated carbocycles. The zero-order valence-electron chi connectivity index (χ0n) is 20.5. The van der Waals surface area contributed by atoms with Crippen LogP contribution >= 0.6 is 0 Å². The Kier molecular flexibility index (Phi) is 12.8. The lowest BCUT2D eigenvalue weighted by molar-refractivity contribution is -0.0931. The van der Waals surface area contributed by atoms with Crippen LogP contribution in [0.15, 0.2) is 89.6 Å². The van der Waals surface area contributed by atoms with Gasteiger partial charge in [0, 0.05) is 24.0 Å². The SMILES string of the molecule is C=CC.C=N/C(=C\N1CC=CC=C1NC1=CCC(c2ccc(C(F)F)cc2)CC1)C(F)(F)F.CC. The molecule has 8 heteroatoms. The van der Waals surface area contributed by atoms with E-state index in [-0.39, 0.29) is 18.0 Å². The summed E-state index contributed by atoms with van der Waals surface area (Å²) in [6, 6.07) is 6.38. The number of hydrogen-bond acceptors (Lipinski definition) is 3. The minimum atomic E-state index is -4.58. The van der Waals surface area contributed by atoms with Crippen LogP contribution in [0.4, 0.5) is 22.0 Å². The number of nitrogens with zero attached hydrogens (tertiary/aromatic N) is 2. The van der Waals surface area contributed by atoms with Crippen LogP contribution in [0.5, 0.6) is 0 Å². The molecule has 3 nitrogen and oxygen atoms in total. The molecule has 3 rings (SSSR count). The number of rotatable bonds is 6. The Labute approximate surface area is 205 Å². The van der Waals surface area contributed by atoms with Crippen molar-refractivity contribution in [3.05, 3.63) is 95.8 Å². The second-order valence-corrected chi connectivity index (χ2v) is 7.50. The van der Waals surface area contributed by atoms with Crippen LogP contribution < -0.4 is 5.32 Å². The Morgan fingerprint density at radius 2 is 1.83 bits per heavy atom. The van der Waals surface area contributed by atoms with Crippen LogP contribution in [-0.2, 0) is 0 Å². The maximum absolute atomic E-state index is 13.0. The molecule has 0 aromatic heterocycles. The largest absolute Gasteiger partial charge is 0.434 e. The summed E-state index contributed by atoms with van der Waals surface area (Å²) in [5.41, 5.74) is 0.863. The first-order chi connectivity index (χ1) is 16.7. The zero-order valence-corrected chi connectivity index (χ0v) is 20.5. The molecule has 1 unspecified atom stereocenters. The molecule has 192 valence electrons. The third-order valence-electron chi connectivity index (χ3n) is 5.10. The van der Waals surface area contributed by atoms with Gasteiger partial charge >= 0.3 is 6.18 Å². The normalized spacial score (nSPS) is 17.8. The molecule has 1 aromatic carbocycles. The van der Waals surface area contributed by atoms with E-state index in [2.05, 4.69) is 23.6 Å². The molecule has 0 saturated heterocycles. The van der Waals surface area contributed by atoms with Gasteiger partial charge in [-0.15, -0.1) is 6.58 Å². The summed E-state index contributed by atoms with van der Waals surface area (Å²) in [5, 5.41) is 3.21. The van der Waals surface area contributed by atoms with Crippen LogP contribution in [0, 0.1) is 0 Å². The molecule has 0 spiro atoms. The van der Waals surface area contributed by atoms with Crippen molar-refractivity contribution in [2.75, 3.05) is 6.54 Å². The van der Waals surface area contributed by atoms with E-state index in [4.69, 9.17) is 0 Å². The highest BCUT2D eigenvalue weighted by molar-refractivity contribution is 5.32. The quantitative estimate of drug-likeness (QED) is 0.244. The first-order valence-electron chi connectivity index (χ1n) is 11.5. The van der Waals surface area contributed by atoms with Gasteiger partial charge in [0.25, 0.3) is 6.43 Å². The summed E-state index contributed by atoms with van der Waals surface area (Å²) < 4.78 is 64.4. The number of hydrogen-bond donors (Lipinski definition) is 1. The highest BCUT2D eigenvalue weighted by Gasteiger charge is 2.34. The van der Waals surface area contributed by atoms with Gasteiger partial charge in [0.1, 0.15) is 5.82 Å². The zero-order chi connectivity index (χ0) is 26.4. The van der Waals surface area contributed by atoms with Crippen LogP contribution in [0.1, 0.15) is 63.5 Å². The molecule has 35 heavy (non-hydrogen) atoms. The van der Waals surface area contributed by atoms with Crippen molar-refractivity contribution < 1.29 is 22.0 Å². The summed E-state index contributed by atoms with van der Waals surface area (Å²) in [6.45, 7) is 12.5. The molecule has 1 heterocycles. The van der Waals surface area contributed by atoms with Gasteiger partial charge in [0.2, 0.25) is 0 Å². The van der Waals surface area contributed by atoms with Gasteiger partial charge < -0.3 is 10.2 Å². The molecule has 1 N–H and O–H groups in total. The topological polar surface area (TPSA) is 27.6 Å². The molecule has 0 fully saturated rings. The number of alkyl halides is 5. The van der Waals surface area contributed by atoms with E-state index in [1.165, 1.54) is 17.0 Å². The average molecular weight is 496 g/mol. The minimum Gasteiger partial charge on any atom is -0.346 e. The van der Waals surface area contributed by atoms with Crippen molar-refractivity contribution in [1.29, 1.82) is 0 Å². The number of benzene rings is 1. The Balaban J connectivity index is 0.00000114. The van der Waals surface area contributed by atoms with E-state index in [0.717, 1.165) is 30.3 Å². The number of allylic oxidation sites excluding steroid dienone is 6. The molecular formula is C27H34F5N3. The van der Waals surface area contributed by atoms with E-state index in [0.29, 0.717) is 12.2 Å². The molecule has 1 aliphatic carbocycles. The van der Waals surface area contributed by atoms with Crippen molar-refractivity contribution in [2.45, 2.75) is 58.6 Å². The van der Waals surface area contributed by atoms with Gasteiger partial charge in [-0.05, 0) is 50.5 Å². The standard InChI is InChI=1S/C22H22F5N3.C3H6.C2H6/c1-28-19(22(25,26)27)14-30-13-3-2-4-20(30)29-18-11-9-16(10-12-18)15-5-7-17(8-6-15)21(23)24;1-3-2;1-2/h2-8,11,14,16,21,29H,1,9-10,12-13H2;3H,1H2,2H3;1-2H3/b19-14-;;. The summed E-state index contributed by atoms with van der Waals surface area (Å²) in [6.07, 6.45) is 5.09. The van der Waals surface area contributed by atoms with E-state index in [1.54, 1.807) is 36.4 Å². The highest BCUT2D eigenvalue weighted by atomic mass is 19.4. The van der Waals surface area contributed by atoms with Gasteiger partial charge in [0.15, 0.2) is 5.70 Å². The molecule has 0 bridgehead atoms. The maximum Gasteiger partial charge on any atom is 0.434 e. The van der Waals surface area contributed by atoms with E-state index < -0.39 is 18.3 Å². The fourth-order valence-corrected chi connectivity index (χ4v) is 3.44. The first-order valence-corrected chi connectivity index (χ1v) is 11.5. The smallest absolute Gasteiger partial charge is 0.346 e. The summed E-state index contributed by atoms with van der Waals surface area (Å²) in [5.74, 6) is 0.745. The van der Waals surface area contributed by atoms with Gasteiger partial charge in [-0.25, -0.2) is 8.78 Å². The monoisotopic (exact) mass is 495 g/mol. The lowest BCUT2D eigenvalue weighted by atomic mass is 9.86. The Hall–Kier alpha value is -3.16. The predicted molar refractivity (Wildman–Crippen MR) is 134 cm³/mol. The lowest BCUT2D eigenvalue weighted by Crippen LogP contribution is -2.31. The lowest BCUT2D eigenvalue weighted by Gasteiger charge is -2.29. The van der Waals surface area contributed by atoms with E-state index in [1.807, 2.05) is 26.8 Å². The predicted octanol–water partition coefficient (Wildman–Crippen LogP) is 8.40. The van der Waals surface area contributed by atoms with Crippen LogP contribution in [0.2, 0.25) is 0 Å². The number of aliphatic imine (C=N–C) groups is 1. The highest BCUT2D eigenvalue weighted by Crippen LogP contribution is 2.33. The summed E-state index contributed by atoms with van der Waals surface area (Å²) in [4.78, 5) is 4.54. The molecule has 0 radical (unpaired) electrons. The van der Waals surface area contributed by atoms with Crippen LogP contribution in [0.3, 0.4) is 0 Å². The Bertz CT molecular complexity index is 925. The number of halogens is 5. The third-order valence-corrected chi connectivity index (χ3v) is 5.10. The molecule has 1 aromatic rings. The Morgan fingerprint density at radius 3 is 2.31 bits per heavy atom. The van der Waals surface area contributed by atoms with Gasteiger partial charge in [0.05, 0.1) is 0 Å². The first kappa shape index (κ1) is 29.9. The molecule has 2 aliphatic rings. The average Bonchev–Trinajstić information content (AvgIpc) is 2.85. The van der Waals surface area contributed by atoms with Crippen molar-refractivity contribution in [3.8, 4) is 0 Å². The summed E-state index contributed by atoms with van der Waals surface area (Å²) >= 11 is 0. The summed E-state index contributed by atoms with van der Waals surface area (Å²) in [7, 11) is 0. The Morgan fingerprint density at radius 1 is 1.20 bits per heavy atom. The van der Waals surface area contributed by atoms with E-state index >= 15 is 0 Å². The van der Waals surface area contributed by atoms with Crippen LogP contribution in [0.25, 0.3) is 0 Å². The van der Waals surface area contributed by atoms with Crippen molar-refractivity contribution in [1.82, 2.24) is 10.2 Å². The van der Waals surface area contributed by atoms with Gasteiger partial charge in [-0.1, -0.05) is 62.4 Å². The van der Waals surface area contributed by atoms with Crippen molar-refractivity contribution >= 4 is 6.72 Å². The molecule has 0 amide bonds. The second-order valence-electron chi connectivity index (χ2n) is 7.50. The molecule has 1 atom stereocenters. The third kappa shape index (κ3) is 9.54. The molecular weight excluding hydrogens is 461 g/mol. The maximum atomic E-state index is 13.0. The van der Waals surface area contributed by atoms with Gasteiger partial charge in [-0.3, -0.25) is 4.99 Å². The van der Waals surface area contributed by atoms with Crippen molar-refractivity contribution in [2.24, 2.45) is 4.99 Å².